The normalized spacial score (nSPS) is 18.3. The molecule has 1 fully saturated rings. The Balaban J connectivity index is 1.66. The Kier molecular flexibility index (Phi) is 9.39. The molecule has 0 saturated heterocycles. The molecule has 0 aliphatic heterocycles. The van der Waals surface area contributed by atoms with Crippen molar-refractivity contribution in [3.63, 3.8) is 0 Å². The molecule has 1 aliphatic carbocycles. The van der Waals surface area contributed by atoms with Gasteiger partial charge in [-0.15, -0.1) is 0 Å². The number of benzene rings is 2. The molecule has 2 N–H and O–H groups in total. The predicted octanol–water partition coefficient (Wildman–Crippen LogP) is 5.01. The number of carbonyl (C=O) groups is 2. The molecule has 1 aliphatic rings. The Hall–Kier alpha value is -3.00. The average Bonchev–Trinajstić information content (AvgIpc) is 2.81. The third kappa shape index (κ3) is 7.80. The molecule has 0 spiro atoms. The number of nitrogens with one attached hydrogen (secondary N) is 2. The van der Waals surface area contributed by atoms with Crippen molar-refractivity contribution in [2.75, 3.05) is 6.61 Å². The second-order valence-corrected chi connectivity index (χ2v) is 8.68. The highest BCUT2D eigenvalue weighted by Gasteiger charge is 2.25. The topological polar surface area (TPSA) is 79.8 Å². The number of hydrogen-bond donors (Lipinski definition) is 2. The molecular formula is C25H28ClF2N3O3. The van der Waals surface area contributed by atoms with Gasteiger partial charge in [0.2, 0.25) is 0 Å². The van der Waals surface area contributed by atoms with Crippen LogP contribution in [0.3, 0.4) is 0 Å². The Morgan fingerprint density at radius 2 is 1.76 bits per heavy atom. The number of ether oxygens (including phenoxy) is 1. The van der Waals surface area contributed by atoms with Gasteiger partial charge in [0.25, 0.3) is 5.91 Å². The van der Waals surface area contributed by atoms with Crippen molar-refractivity contribution in [1.82, 2.24) is 10.6 Å². The van der Waals surface area contributed by atoms with Gasteiger partial charge in [-0.3, -0.25) is 14.9 Å². The van der Waals surface area contributed by atoms with Crippen LogP contribution < -0.4 is 10.6 Å². The maximum absolute atomic E-state index is 13.6. The second kappa shape index (κ2) is 12.5. The fourth-order valence-electron chi connectivity index (χ4n) is 3.86. The standard InChI is InChI=1S/C25H28ClF2N3O3/c1-2-34-23(32)13-16-5-10-20(11-6-16)30-25(29-15-17-3-8-19(26)9-4-17)31-24(33)18-7-12-21(27)22(28)14-18/h3-4,7-9,12,14,16,20H,2,5-6,10-11,13,15H2,1H3,(H2,29,30,31,33). The van der Waals surface area contributed by atoms with Crippen molar-refractivity contribution >= 4 is 29.4 Å². The molecule has 0 heterocycles. The van der Waals surface area contributed by atoms with E-state index >= 15 is 0 Å². The molecule has 34 heavy (non-hydrogen) atoms. The molecule has 0 atom stereocenters. The molecular weight excluding hydrogens is 464 g/mol. The summed E-state index contributed by atoms with van der Waals surface area (Å²) in [5.74, 6) is -2.38. The molecule has 1 saturated carbocycles. The molecule has 1 amide bonds. The maximum Gasteiger partial charge on any atom is 0.306 e. The Bertz CT molecular complexity index is 1020. The minimum atomic E-state index is -1.10. The largest absolute Gasteiger partial charge is 0.466 e. The minimum absolute atomic E-state index is 0.0157. The first-order valence-electron chi connectivity index (χ1n) is 11.3. The van der Waals surface area contributed by atoms with Crippen LogP contribution in [-0.4, -0.2) is 30.5 Å². The van der Waals surface area contributed by atoms with Crippen molar-refractivity contribution in [1.29, 1.82) is 0 Å². The summed E-state index contributed by atoms with van der Waals surface area (Å²) in [6.45, 7) is 2.45. The molecule has 0 unspecified atom stereocenters. The van der Waals surface area contributed by atoms with Gasteiger partial charge < -0.3 is 10.1 Å². The number of esters is 1. The van der Waals surface area contributed by atoms with E-state index < -0.39 is 17.5 Å². The number of carbonyl (C=O) groups excluding carboxylic acids is 2. The highest BCUT2D eigenvalue weighted by molar-refractivity contribution is 6.30. The van der Waals surface area contributed by atoms with Crippen LogP contribution >= 0.6 is 11.6 Å². The zero-order valence-corrected chi connectivity index (χ0v) is 19.7. The third-order valence-corrected chi connectivity index (χ3v) is 5.95. The van der Waals surface area contributed by atoms with Gasteiger partial charge in [0.05, 0.1) is 13.2 Å². The maximum atomic E-state index is 13.6. The van der Waals surface area contributed by atoms with Crippen LogP contribution in [0, 0.1) is 17.6 Å². The van der Waals surface area contributed by atoms with E-state index in [2.05, 4.69) is 15.6 Å². The van der Waals surface area contributed by atoms with Crippen LogP contribution in [0.1, 0.15) is 54.9 Å². The van der Waals surface area contributed by atoms with Gasteiger partial charge in [0, 0.05) is 23.0 Å². The lowest BCUT2D eigenvalue weighted by Gasteiger charge is -2.29. The predicted molar refractivity (Wildman–Crippen MR) is 127 cm³/mol. The summed E-state index contributed by atoms with van der Waals surface area (Å²) in [5, 5.41) is 6.56. The van der Waals surface area contributed by atoms with Crippen molar-refractivity contribution in [2.45, 2.75) is 51.6 Å². The summed E-state index contributed by atoms with van der Waals surface area (Å²) in [5.41, 5.74) is 0.877. The fraction of sp³-hybridized carbons (Fsp3) is 0.400. The lowest BCUT2D eigenvalue weighted by atomic mass is 9.84. The zero-order chi connectivity index (χ0) is 24.5. The van der Waals surface area contributed by atoms with Crippen molar-refractivity contribution in [3.8, 4) is 0 Å². The average molecular weight is 492 g/mol. The van der Waals surface area contributed by atoms with E-state index in [9.17, 15) is 18.4 Å². The minimum Gasteiger partial charge on any atom is -0.466 e. The second-order valence-electron chi connectivity index (χ2n) is 8.25. The van der Waals surface area contributed by atoms with Crippen LogP contribution in [-0.2, 0) is 16.1 Å². The summed E-state index contributed by atoms with van der Waals surface area (Å²) in [6, 6.07) is 10.2. The van der Waals surface area contributed by atoms with E-state index in [0.717, 1.165) is 43.4 Å². The Morgan fingerprint density at radius 3 is 2.41 bits per heavy atom. The van der Waals surface area contributed by atoms with Crippen LogP contribution in [0.2, 0.25) is 5.02 Å². The van der Waals surface area contributed by atoms with Gasteiger partial charge in [0.15, 0.2) is 17.6 Å². The molecule has 9 heteroatoms. The number of hydrogen-bond acceptors (Lipinski definition) is 4. The molecule has 3 rings (SSSR count). The van der Waals surface area contributed by atoms with Gasteiger partial charge in [-0.05, 0) is 74.4 Å². The smallest absolute Gasteiger partial charge is 0.306 e. The van der Waals surface area contributed by atoms with E-state index in [1.54, 1.807) is 19.1 Å². The van der Waals surface area contributed by atoms with Crippen LogP contribution in [0.15, 0.2) is 47.5 Å². The highest BCUT2D eigenvalue weighted by Crippen LogP contribution is 2.27. The van der Waals surface area contributed by atoms with Gasteiger partial charge in [-0.1, -0.05) is 23.7 Å². The number of guanidine groups is 1. The first-order valence-corrected chi connectivity index (χ1v) is 11.7. The lowest BCUT2D eigenvalue weighted by molar-refractivity contribution is -0.144. The van der Waals surface area contributed by atoms with Crippen LogP contribution in [0.5, 0.6) is 0 Å². The molecule has 0 bridgehead atoms. The highest BCUT2D eigenvalue weighted by atomic mass is 35.5. The fourth-order valence-corrected chi connectivity index (χ4v) is 3.98. The Morgan fingerprint density at radius 1 is 1.06 bits per heavy atom. The van der Waals surface area contributed by atoms with Crippen LogP contribution in [0.25, 0.3) is 0 Å². The lowest BCUT2D eigenvalue weighted by Crippen LogP contribution is -2.47. The molecule has 0 radical (unpaired) electrons. The molecule has 0 aromatic heterocycles. The number of rotatable bonds is 7. The van der Waals surface area contributed by atoms with Gasteiger partial charge >= 0.3 is 5.97 Å². The first kappa shape index (κ1) is 25.6. The van der Waals surface area contributed by atoms with Gasteiger partial charge in [-0.25, -0.2) is 13.8 Å². The molecule has 182 valence electrons. The SMILES string of the molecule is CCOC(=O)CC1CCC(NC(=NCc2ccc(Cl)cc2)NC(=O)c2ccc(F)c(F)c2)CC1. The summed E-state index contributed by atoms with van der Waals surface area (Å²) in [6.07, 6.45) is 3.69. The van der Waals surface area contributed by atoms with E-state index in [1.807, 2.05) is 12.1 Å². The monoisotopic (exact) mass is 491 g/mol. The van der Waals surface area contributed by atoms with E-state index in [0.29, 0.717) is 18.1 Å². The molecule has 6 nitrogen and oxygen atoms in total. The number of amides is 1. The van der Waals surface area contributed by atoms with Crippen molar-refractivity contribution in [3.05, 3.63) is 70.2 Å². The third-order valence-electron chi connectivity index (χ3n) is 5.69. The summed E-state index contributed by atoms with van der Waals surface area (Å²) < 4.78 is 31.9. The number of nitrogens with zero attached hydrogens (tertiary/aromatic N) is 1. The quantitative estimate of drug-likeness (QED) is 0.324. The van der Waals surface area contributed by atoms with E-state index in [4.69, 9.17) is 16.3 Å². The molecule has 2 aromatic carbocycles. The van der Waals surface area contributed by atoms with E-state index in [-0.39, 0.29) is 36.0 Å². The first-order chi connectivity index (χ1) is 16.3. The summed E-state index contributed by atoms with van der Waals surface area (Å²) in [7, 11) is 0. The summed E-state index contributed by atoms with van der Waals surface area (Å²) >= 11 is 5.93. The summed E-state index contributed by atoms with van der Waals surface area (Å²) in [4.78, 5) is 28.9. The zero-order valence-electron chi connectivity index (χ0n) is 19.0. The van der Waals surface area contributed by atoms with E-state index in [1.165, 1.54) is 6.07 Å². The van der Waals surface area contributed by atoms with Crippen LogP contribution in [0.4, 0.5) is 8.78 Å². The van der Waals surface area contributed by atoms with Crippen molar-refractivity contribution in [2.24, 2.45) is 10.9 Å². The van der Waals surface area contributed by atoms with Crippen molar-refractivity contribution < 1.29 is 23.1 Å². The Labute approximate surface area is 202 Å². The van der Waals surface area contributed by atoms with Gasteiger partial charge in [-0.2, -0.15) is 0 Å². The molecule has 2 aromatic rings. The number of halogens is 3. The number of aliphatic imine (C=N–C) groups is 1. The van der Waals surface area contributed by atoms with Gasteiger partial charge in [0.1, 0.15) is 0 Å².